The normalized spacial score (nSPS) is 20.9. The number of hydrogen-bond acceptors (Lipinski definition) is 9. The number of anilines is 1. The van der Waals surface area contributed by atoms with E-state index in [0.29, 0.717) is 16.3 Å². The van der Waals surface area contributed by atoms with Gasteiger partial charge in [0.2, 0.25) is 11.0 Å². The number of hydrogen-bond donors (Lipinski definition) is 3. The minimum absolute atomic E-state index is 0. The van der Waals surface area contributed by atoms with E-state index in [-0.39, 0.29) is 52.7 Å². The van der Waals surface area contributed by atoms with Crippen LogP contribution < -0.4 is 11.1 Å². The average molecular weight is 447 g/mol. The van der Waals surface area contributed by atoms with Gasteiger partial charge >= 0.3 is 35.5 Å². The number of carbonyl (C=O) groups excluding carboxylic acids is 2. The third-order valence-corrected chi connectivity index (χ3v) is 7.07. The molecule has 1 saturated heterocycles. The van der Waals surface area contributed by atoms with E-state index in [1.165, 1.54) is 28.0 Å². The summed E-state index contributed by atoms with van der Waals surface area (Å²) in [6.07, 6.45) is 0.190. The predicted molar refractivity (Wildman–Crippen MR) is 109 cm³/mol. The van der Waals surface area contributed by atoms with Crippen LogP contribution in [0.4, 0.5) is 5.13 Å². The molecule has 142 valence electrons. The van der Waals surface area contributed by atoms with Crippen LogP contribution in [-0.4, -0.2) is 84.7 Å². The van der Waals surface area contributed by atoms with Crippen LogP contribution in [0.1, 0.15) is 9.88 Å². The number of carbonyl (C=O) groups is 3. The summed E-state index contributed by atoms with van der Waals surface area (Å²) >= 11 is 3.91. The molecule has 0 aliphatic carbocycles. The standard InChI is InChI=1S/C15H13N5O4S3.Na.H/c16-15-19-18-11(27-15)7-5-26-13-9(12(22)20(13)10(7)14(23)24)17-8(21)4-6-2-1-3-25-6;;/h1-3,9,13H,4-5H2,(H2,16,19)(H,17,21)(H,23,24);;/t9?,13-;;/m1../s1. The summed E-state index contributed by atoms with van der Waals surface area (Å²) in [6, 6.07) is 2.96. The van der Waals surface area contributed by atoms with Crippen LogP contribution in [0.2, 0.25) is 0 Å². The van der Waals surface area contributed by atoms with Gasteiger partial charge in [0.25, 0.3) is 5.91 Å². The molecule has 4 rings (SSSR count). The number of aliphatic carboxylic acids is 1. The third kappa shape index (κ3) is 3.84. The molecule has 2 atom stereocenters. The van der Waals surface area contributed by atoms with Crippen LogP contribution in [0.25, 0.3) is 5.57 Å². The first kappa shape index (κ1) is 21.3. The van der Waals surface area contributed by atoms with Crippen molar-refractivity contribution in [3.63, 3.8) is 0 Å². The van der Waals surface area contributed by atoms with Crippen LogP contribution in [0.5, 0.6) is 0 Å². The third-order valence-electron chi connectivity index (χ3n) is 4.10. The summed E-state index contributed by atoms with van der Waals surface area (Å²) in [7, 11) is 0. The maximum absolute atomic E-state index is 12.6. The number of nitrogens with two attached hydrogens (primary N) is 1. The van der Waals surface area contributed by atoms with E-state index in [9.17, 15) is 19.5 Å². The van der Waals surface area contributed by atoms with Crippen molar-refractivity contribution in [2.75, 3.05) is 11.5 Å². The zero-order chi connectivity index (χ0) is 19.1. The second-order valence-corrected chi connectivity index (χ2v) is 8.94. The molecule has 9 nitrogen and oxygen atoms in total. The Hall–Kier alpha value is -1.44. The van der Waals surface area contributed by atoms with Gasteiger partial charge in [-0.2, -0.15) is 0 Å². The minimum atomic E-state index is -1.22. The zero-order valence-electron chi connectivity index (χ0n) is 13.6. The number of fused-ring (bicyclic) bond motifs is 1. The van der Waals surface area contributed by atoms with Crippen molar-refractivity contribution < 1.29 is 19.5 Å². The van der Waals surface area contributed by atoms with Crippen LogP contribution in [-0.2, 0) is 20.8 Å². The Morgan fingerprint density at radius 3 is 2.79 bits per heavy atom. The van der Waals surface area contributed by atoms with E-state index in [1.807, 2.05) is 17.5 Å². The fourth-order valence-corrected chi connectivity index (χ4v) is 5.73. The molecule has 2 aromatic heterocycles. The Bertz CT molecular complexity index is 961. The van der Waals surface area contributed by atoms with E-state index in [0.717, 1.165) is 16.2 Å². The molecule has 4 N–H and O–H groups in total. The van der Waals surface area contributed by atoms with Gasteiger partial charge < -0.3 is 16.2 Å². The maximum atomic E-state index is 12.6. The quantitative estimate of drug-likeness (QED) is 0.429. The summed E-state index contributed by atoms with van der Waals surface area (Å²) < 4.78 is 0. The first-order chi connectivity index (χ1) is 13.0. The van der Waals surface area contributed by atoms with Crippen molar-refractivity contribution in [1.82, 2.24) is 20.4 Å². The molecule has 0 radical (unpaired) electrons. The number of thiophene rings is 1. The van der Waals surface area contributed by atoms with E-state index < -0.39 is 23.3 Å². The van der Waals surface area contributed by atoms with Gasteiger partial charge in [-0.1, -0.05) is 17.4 Å². The Morgan fingerprint density at radius 2 is 2.18 bits per heavy atom. The van der Waals surface area contributed by atoms with Gasteiger partial charge in [-0.15, -0.1) is 33.3 Å². The molecule has 0 spiro atoms. The van der Waals surface area contributed by atoms with Crippen LogP contribution >= 0.6 is 34.4 Å². The number of amides is 2. The SMILES string of the molecule is Nc1nnc(C2=C(C(=O)O)N3C(=O)C(NC(=O)Cc4cccs4)[C@H]3SC2)s1.[NaH]. The molecule has 1 unspecified atom stereocenters. The summed E-state index contributed by atoms with van der Waals surface area (Å²) in [5, 5.41) is 22.0. The summed E-state index contributed by atoms with van der Waals surface area (Å²) in [6.45, 7) is 0. The molecule has 0 aromatic carbocycles. The number of nitrogens with one attached hydrogen (secondary N) is 1. The fraction of sp³-hybridized carbons (Fsp3) is 0.267. The zero-order valence-corrected chi connectivity index (χ0v) is 16.1. The molecule has 28 heavy (non-hydrogen) atoms. The predicted octanol–water partition coefficient (Wildman–Crippen LogP) is -0.0284. The first-order valence-electron chi connectivity index (χ1n) is 7.78. The molecule has 2 aliphatic heterocycles. The molecule has 0 saturated carbocycles. The van der Waals surface area contributed by atoms with E-state index in [1.54, 1.807) is 0 Å². The molecular formula is C15H14N5NaO4S3. The number of nitrogen functional groups attached to an aromatic ring is 1. The number of β-lactam (4-membered cyclic amide) rings is 1. The van der Waals surface area contributed by atoms with Crippen LogP contribution in [0, 0.1) is 0 Å². The number of nitrogens with zero attached hydrogens (tertiary/aromatic N) is 3. The van der Waals surface area contributed by atoms with Crippen LogP contribution in [0.3, 0.4) is 0 Å². The van der Waals surface area contributed by atoms with E-state index in [4.69, 9.17) is 5.73 Å². The number of aromatic nitrogens is 2. The second kappa shape index (κ2) is 8.51. The Kier molecular flexibility index (Phi) is 6.47. The van der Waals surface area contributed by atoms with Crippen molar-refractivity contribution in [1.29, 1.82) is 0 Å². The number of carboxylic acids is 1. The molecule has 0 bridgehead atoms. The van der Waals surface area contributed by atoms with Crippen molar-refractivity contribution in [3.05, 3.63) is 33.1 Å². The van der Waals surface area contributed by atoms with Crippen molar-refractivity contribution in [2.24, 2.45) is 0 Å². The number of rotatable bonds is 5. The Morgan fingerprint density at radius 1 is 1.39 bits per heavy atom. The van der Waals surface area contributed by atoms with Crippen molar-refractivity contribution in [2.45, 2.75) is 17.8 Å². The first-order valence-corrected chi connectivity index (χ1v) is 10.5. The summed E-state index contributed by atoms with van der Waals surface area (Å²) in [5.41, 5.74) is 5.87. The topological polar surface area (TPSA) is 139 Å². The molecule has 13 heteroatoms. The van der Waals surface area contributed by atoms with Gasteiger partial charge in [-0.25, -0.2) is 4.79 Å². The second-order valence-electron chi connectivity index (χ2n) is 5.79. The number of thioether (sulfide) groups is 1. The van der Waals surface area contributed by atoms with Gasteiger partial charge in [0.15, 0.2) is 0 Å². The molecule has 4 heterocycles. The van der Waals surface area contributed by atoms with Gasteiger partial charge in [-0.05, 0) is 11.4 Å². The van der Waals surface area contributed by atoms with Gasteiger partial charge in [-0.3, -0.25) is 14.5 Å². The fourth-order valence-electron chi connectivity index (χ4n) is 2.94. The van der Waals surface area contributed by atoms with E-state index >= 15 is 0 Å². The molecule has 2 aromatic rings. The number of carboxylic acid groups (broad SMARTS) is 1. The van der Waals surface area contributed by atoms with Gasteiger partial charge in [0.1, 0.15) is 22.1 Å². The average Bonchev–Trinajstić information content (AvgIpc) is 3.29. The van der Waals surface area contributed by atoms with Gasteiger partial charge in [0, 0.05) is 16.2 Å². The van der Waals surface area contributed by atoms with Crippen LogP contribution in [0.15, 0.2) is 23.2 Å². The Labute approximate surface area is 193 Å². The summed E-state index contributed by atoms with van der Waals surface area (Å²) in [5.74, 6) is -1.60. The Balaban J connectivity index is 0.00000225. The van der Waals surface area contributed by atoms with Crippen molar-refractivity contribution >= 4 is 92.5 Å². The van der Waals surface area contributed by atoms with Gasteiger partial charge in [0.05, 0.1) is 6.42 Å². The molecule has 1 fully saturated rings. The van der Waals surface area contributed by atoms with Crippen molar-refractivity contribution in [3.8, 4) is 0 Å². The summed E-state index contributed by atoms with van der Waals surface area (Å²) in [4.78, 5) is 38.7. The monoisotopic (exact) mass is 447 g/mol. The molecule has 2 amide bonds. The molecular weight excluding hydrogens is 433 g/mol. The molecule has 2 aliphatic rings. The van der Waals surface area contributed by atoms with E-state index in [2.05, 4.69) is 15.5 Å².